The second kappa shape index (κ2) is 6.09. The van der Waals surface area contributed by atoms with Crippen LogP contribution in [0, 0.1) is 0 Å². The number of benzene rings is 1. The van der Waals surface area contributed by atoms with Crippen LogP contribution in [-0.4, -0.2) is 36.4 Å². The van der Waals surface area contributed by atoms with Crippen molar-refractivity contribution in [2.24, 2.45) is 0 Å². The fraction of sp³-hybridized carbons (Fsp3) is 0.462. The highest BCUT2D eigenvalue weighted by atomic mass is 35.5. The van der Waals surface area contributed by atoms with Crippen molar-refractivity contribution in [3.8, 4) is 0 Å². The Hall–Kier alpha value is -0.810. The molecule has 1 aliphatic rings. The minimum Gasteiger partial charge on any atom is -0.394 e. The van der Waals surface area contributed by atoms with Gasteiger partial charge in [0.1, 0.15) is 0 Å². The summed E-state index contributed by atoms with van der Waals surface area (Å²) in [7, 11) is 0. The second-order valence-corrected chi connectivity index (χ2v) is 5.39. The molecule has 0 atom stereocenters. The van der Waals surface area contributed by atoms with Crippen LogP contribution < -0.4 is 5.32 Å². The quantitative estimate of drug-likeness (QED) is 0.900. The number of carbonyl (C=O) groups is 1. The van der Waals surface area contributed by atoms with Crippen molar-refractivity contribution in [1.29, 1.82) is 0 Å². The topological polar surface area (TPSA) is 58.6 Å². The Morgan fingerprint density at radius 3 is 2.68 bits per heavy atom. The van der Waals surface area contributed by atoms with Crippen molar-refractivity contribution < 1.29 is 14.6 Å². The molecule has 1 amide bonds. The van der Waals surface area contributed by atoms with E-state index in [0.29, 0.717) is 36.6 Å². The number of carbonyl (C=O) groups excluding carboxylic acids is 1. The van der Waals surface area contributed by atoms with Gasteiger partial charge in [0.05, 0.1) is 27.8 Å². The van der Waals surface area contributed by atoms with E-state index in [0.717, 1.165) is 0 Å². The van der Waals surface area contributed by atoms with E-state index in [2.05, 4.69) is 5.32 Å². The Morgan fingerprint density at radius 2 is 2.05 bits per heavy atom. The van der Waals surface area contributed by atoms with Gasteiger partial charge in [-0.05, 0) is 25.0 Å². The summed E-state index contributed by atoms with van der Waals surface area (Å²) in [6, 6.07) is 4.89. The van der Waals surface area contributed by atoms with Crippen LogP contribution in [-0.2, 0) is 4.74 Å². The van der Waals surface area contributed by atoms with E-state index < -0.39 is 5.54 Å². The highest BCUT2D eigenvalue weighted by Crippen LogP contribution is 2.27. The van der Waals surface area contributed by atoms with Gasteiger partial charge in [0, 0.05) is 13.2 Å². The molecule has 2 rings (SSSR count). The molecule has 1 saturated heterocycles. The number of aliphatic hydroxyl groups excluding tert-OH is 1. The maximum absolute atomic E-state index is 12.2. The summed E-state index contributed by atoms with van der Waals surface area (Å²) >= 11 is 11.9. The van der Waals surface area contributed by atoms with Crippen molar-refractivity contribution in [3.63, 3.8) is 0 Å². The molecule has 0 aromatic heterocycles. The lowest BCUT2D eigenvalue weighted by atomic mass is 9.90. The minimum atomic E-state index is -0.638. The maximum atomic E-state index is 12.2. The lowest BCUT2D eigenvalue weighted by Gasteiger charge is -2.36. The van der Waals surface area contributed by atoms with Crippen LogP contribution in [0.3, 0.4) is 0 Å². The first-order chi connectivity index (χ1) is 9.08. The van der Waals surface area contributed by atoms with E-state index >= 15 is 0 Å². The summed E-state index contributed by atoms with van der Waals surface area (Å²) in [4.78, 5) is 12.2. The van der Waals surface area contributed by atoms with Crippen LogP contribution in [0.4, 0.5) is 0 Å². The highest BCUT2D eigenvalue weighted by molar-refractivity contribution is 6.43. The first-order valence-electron chi connectivity index (χ1n) is 6.03. The number of ether oxygens (including phenoxy) is 1. The summed E-state index contributed by atoms with van der Waals surface area (Å²) in [5.74, 6) is -0.330. The van der Waals surface area contributed by atoms with E-state index in [1.807, 2.05) is 0 Å². The molecule has 0 unspecified atom stereocenters. The van der Waals surface area contributed by atoms with E-state index in [9.17, 15) is 9.90 Å². The van der Waals surface area contributed by atoms with Crippen LogP contribution in [0.5, 0.6) is 0 Å². The van der Waals surface area contributed by atoms with Crippen LogP contribution >= 0.6 is 23.2 Å². The van der Waals surface area contributed by atoms with Gasteiger partial charge in [0.15, 0.2) is 0 Å². The highest BCUT2D eigenvalue weighted by Gasteiger charge is 2.34. The molecule has 6 heteroatoms. The van der Waals surface area contributed by atoms with Crippen LogP contribution in [0.2, 0.25) is 10.0 Å². The SMILES string of the molecule is O=C(NC1(CO)CCOCC1)c1cccc(Cl)c1Cl. The predicted octanol–water partition coefficient (Wildman–Crippen LogP) is 2.26. The van der Waals surface area contributed by atoms with Gasteiger partial charge in [-0.25, -0.2) is 0 Å². The molecule has 1 aromatic carbocycles. The zero-order chi connectivity index (χ0) is 13.9. The first kappa shape index (κ1) is 14.6. The zero-order valence-corrected chi connectivity index (χ0v) is 11.8. The predicted molar refractivity (Wildman–Crippen MR) is 73.8 cm³/mol. The number of rotatable bonds is 3. The fourth-order valence-corrected chi connectivity index (χ4v) is 2.46. The molecule has 0 saturated carbocycles. The Kier molecular flexibility index (Phi) is 4.68. The van der Waals surface area contributed by atoms with Gasteiger partial charge in [-0.3, -0.25) is 4.79 Å². The fourth-order valence-electron chi connectivity index (χ4n) is 2.07. The Bertz CT molecular complexity index is 473. The molecule has 1 fully saturated rings. The van der Waals surface area contributed by atoms with Crippen LogP contribution in [0.25, 0.3) is 0 Å². The molecular formula is C13H15Cl2NO3. The van der Waals surface area contributed by atoms with E-state index in [-0.39, 0.29) is 17.5 Å². The number of amides is 1. The van der Waals surface area contributed by atoms with E-state index in [1.54, 1.807) is 18.2 Å². The molecule has 19 heavy (non-hydrogen) atoms. The molecule has 1 heterocycles. The molecule has 0 radical (unpaired) electrons. The van der Waals surface area contributed by atoms with Crippen molar-refractivity contribution in [1.82, 2.24) is 5.32 Å². The van der Waals surface area contributed by atoms with Gasteiger partial charge >= 0.3 is 0 Å². The molecule has 0 bridgehead atoms. The molecule has 2 N–H and O–H groups in total. The number of halogens is 2. The van der Waals surface area contributed by atoms with Gasteiger partial charge in [0.2, 0.25) is 0 Å². The average Bonchev–Trinajstić information content (AvgIpc) is 2.42. The normalized spacial score (nSPS) is 18.1. The smallest absolute Gasteiger partial charge is 0.253 e. The van der Waals surface area contributed by atoms with Gasteiger partial charge in [0.25, 0.3) is 5.91 Å². The van der Waals surface area contributed by atoms with E-state index in [4.69, 9.17) is 27.9 Å². The molecule has 1 aliphatic heterocycles. The van der Waals surface area contributed by atoms with Crippen LogP contribution in [0.15, 0.2) is 18.2 Å². The zero-order valence-electron chi connectivity index (χ0n) is 10.3. The monoisotopic (exact) mass is 303 g/mol. The summed E-state index contributed by atoms with van der Waals surface area (Å²) < 4.78 is 5.25. The first-order valence-corrected chi connectivity index (χ1v) is 6.79. The van der Waals surface area contributed by atoms with Gasteiger partial charge < -0.3 is 15.2 Å². The third kappa shape index (κ3) is 3.20. The summed E-state index contributed by atoms with van der Waals surface area (Å²) in [5.41, 5.74) is -0.325. The Morgan fingerprint density at radius 1 is 1.37 bits per heavy atom. The number of hydrogen-bond donors (Lipinski definition) is 2. The molecule has 104 valence electrons. The molecule has 1 aromatic rings. The number of nitrogens with one attached hydrogen (secondary N) is 1. The lowest BCUT2D eigenvalue weighted by Crippen LogP contribution is -2.54. The third-order valence-electron chi connectivity index (χ3n) is 3.33. The molecule has 0 aliphatic carbocycles. The van der Waals surface area contributed by atoms with Crippen molar-refractivity contribution in [3.05, 3.63) is 33.8 Å². The van der Waals surface area contributed by atoms with Crippen molar-refractivity contribution in [2.75, 3.05) is 19.8 Å². The largest absolute Gasteiger partial charge is 0.394 e. The van der Waals surface area contributed by atoms with Gasteiger partial charge in [-0.2, -0.15) is 0 Å². The maximum Gasteiger partial charge on any atom is 0.253 e. The summed E-state index contributed by atoms with van der Waals surface area (Å²) in [6.07, 6.45) is 1.15. The molecule has 4 nitrogen and oxygen atoms in total. The summed E-state index contributed by atoms with van der Waals surface area (Å²) in [6.45, 7) is 0.911. The van der Waals surface area contributed by atoms with Crippen molar-refractivity contribution >= 4 is 29.1 Å². The lowest BCUT2D eigenvalue weighted by molar-refractivity contribution is 0.0125. The molecule has 0 spiro atoms. The minimum absolute atomic E-state index is 0.125. The van der Waals surface area contributed by atoms with E-state index in [1.165, 1.54) is 0 Å². The second-order valence-electron chi connectivity index (χ2n) is 4.61. The number of aliphatic hydroxyl groups is 1. The number of hydrogen-bond acceptors (Lipinski definition) is 3. The average molecular weight is 304 g/mol. The van der Waals surface area contributed by atoms with Gasteiger partial charge in [-0.1, -0.05) is 29.3 Å². The van der Waals surface area contributed by atoms with Crippen molar-refractivity contribution in [2.45, 2.75) is 18.4 Å². The Balaban J connectivity index is 2.17. The molecular weight excluding hydrogens is 289 g/mol. The standard InChI is InChI=1S/C13H15Cl2NO3/c14-10-3-1-2-9(11(10)15)12(18)16-13(8-17)4-6-19-7-5-13/h1-3,17H,4-8H2,(H,16,18). The van der Waals surface area contributed by atoms with Gasteiger partial charge in [-0.15, -0.1) is 0 Å². The third-order valence-corrected chi connectivity index (χ3v) is 4.15. The summed E-state index contributed by atoms with van der Waals surface area (Å²) in [5, 5.41) is 12.9. The Labute approximate surface area is 121 Å². The van der Waals surface area contributed by atoms with Crippen LogP contribution in [0.1, 0.15) is 23.2 Å².